The van der Waals surface area contributed by atoms with E-state index in [-0.39, 0.29) is 24.6 Å². The molecule has 0 saturated carbocycles. The Labute approximate surface area is 194 Å². The number of ether oxygens (including phenoxy) is 1. The van der Waals surface area contributed by atoms with E-state index >= 15 is 0 Å². The van der Waals surface area contributed by atoms with Gasteiger partial charge in [0.2, 0.25) is 5.91 Å². The van der Waals surface area contributed by atoms with Crippen LogP contribution in [-0.4, -0.2) is 23.4 Å². The van der Waals surface area contributed by atoms with Crippen LogP contribution in [0.4, 0.5) is 4.39 Å². The van der Waals surface area contributed by atoms with Crippen molar-refractivity contribution in [1.29, 1.82) is 0 Å². The van der Waals surface area contributed by atoms with Gasteiger partial charge < -0.3 is 19.5 Å². The molecular formula is C26H25FN2O5. The summed E-state index contributed by atoms with van der Waals surface area (Å²) >= 11 is 0. The molecule has 0 saturated heterocycles. The number of esters is 1. The minimum Gasteiger partial charge on any atom is -0.426 e. The maximum absolute atomic E-state index is 13.5. The van der Waals surface area contributed by atoms with Gasteiger partial charge in [0, 0.05) is 53.5 Å². The molecule has 0 aliphatic carbocycles. The number of nitrogens with one attached hydrogen (secondary N) is 2. The van der Waals surface area contributed by atoms with Crippen LogP contribution in [0.2, 0.25) is 0 Å². The molecule has 2 aromatic carbocycles. The SMILES string of the molecule is CC(=O)Oc1ccc2c(C)c(CCC(=O)NCCc3c[nH]c4ccc(F)cc34)c(=O)oc2c1C. The van der Waals surface area contributed by atoms with Crippen molar-refractivity contribution in [1.82, 2.24) is 10.3 Å². The van der Waals surface area contributed by atoms with Crippen LogP contribution in [0.15, 0.2) is 45.7 Å². The summed E-state index contributed by atoms with van der Waals surface area (Å²) in [7, 11) is 0. The number of hydrogen-bond acceptors (Lipinski definition) is 5. The smallest absolute Gasteiger partial charge is 0.339 e. The number of halogens is 1. The molecule has 0 bridgehead atoms. The van der Waals surface area contributed by atoms with Crippen LogP contribution in [0, 0.1) is 19.7 Å². The number of hydrogen-bond donors (Lipinski definition) is 2. The van der Waals surface area contributed by atoms with Crippen molar-refractivity contribution in [2.45, 2.75) is 40.0 Å². The third-order valence-electron chi connectivity index (χ3n) is 5.96. The Morgan fingerprint density at radius 1 is 1.09 bits per heavy atom. The first kappa shape index (κ1) is 23.2. The summed E-state index contributed by atoms with van der Waals surface area (Å²) in [5.74, 6) is -0.611. The molecule has 2 heterocycles. The zero-order valence-electron chi connectivity index (χ0n) is 19.2. The van der Waals surface area contributed by atoms with Crippen LogP contribution < -0.4 is 15.7 Å². The van der Waals surface area contributed by atoms with Crippen LogP contribution >= 0.6 is 0 Å². The van der Waals surface area contributed by atoms with Gasteiger partial charge in [-0.25, -0.2) is 9.18 Å². The van der Waals surface area contributed by atoms with Gasteiger partial charge in [-0.15, -0.1) is 0 Å². The Kier molecular flexibility index (Phi) is 6.49. The Hall–Kier alpha value is -3.94. The number of rotatable bonds is 7. The van der Waals surface area contributed by atoms with E-state index < -0.39 is 11.6 Å². The van der Waals surface area contributed by atoms with Crippen LogP contribution in [0.25, 0.3) is 21.9 Å². The van der Waals surface area contributed by atoms with E-state index in [9.17, 15) is 18.8 Å². The number of fused-ring (bicyclic) bond motifs is 2. The van der Waals surface area contributed by atoms with E-state index in [1.165, 1.54) is 19.1 Å². The van der Waals surface area contributed by atoms with Gasteiger partial charge in [-0.1, -0.05) is 0 Å². The largest absolute Gasteiger partial charge is 0.426 e. The quantitative estimate of drug-likeness (QED) is 0.242. The first-order chi connectivity index (χ1) is 16.2. The van der Waals surface area contributed by atoms with Crippen molar-refractivity contribution in [2.24, 2.45) is 0 Å². The Bertz CT molecular complexity index is 1470. The van der Waals surface area contributed by atoms with Crippen LogP contribution in [0.5, 0.6) is 5.75 Å². The second kappa shape index (κ2) is 9.51. The van der Waals surface area contributed by atoms with Gasteiger partial charge >= 0.3 is 11.6 Å². The number of benzene rings is 2. The average Bonchev–Trinajstić information content (AvgIpc) is 3.17. The minimum absolute atomic E-state index is 0.129. The Balaban J connectivity index is 1.41. The molecule has 0 spiro atoms. The minimum atomic E-state index is -0.512. The van der Waals surface area contributed by atoms with Crippen molar-refractivity contribution in [3.8, 4) is 5.75 Å². The lowest BCUT2D eigenvalue weighted by Gasteiger charge is -2.12. The number of amides is 1. The monoisotopic (exact) mass is 464 g/mol. The number of aryl methyl sites for hydroxylation is 2. The molecular weight excluding hydrogens is 439 g/mol. The molecule has 176 valence electrons. The van der Waals surface area contributed by atoms with Gasteiger partial charge in [-0.05, 0) is 68.1 Å². The van der Waals surface area contributed by atoms with Crippen molar-refractivity contribution < 1.29 is 23.1 Å². The maximum atomic E-state index is 13.5. The number of carbonyl (C=O) groups excluding carboxylic acids is 2. The van der Waals surface area contributed by atoms with Crippen LogP contribution in [0.1, 0.15) is 35.6 Å². The summed E-state index contributed by atoms with van der Waals surface area (Å²) in [6.07, 6.45) is 2.73. The third-order valence-corrected chi connectivity index (χ3v) is 5.96. The molecule has 0 fully saturated rings. The van der Waals surface area contributed by atoms with Gasteiger partial charge in [0.25, 0.3) is 0 Å². The van der Waals surface area contributed by atoms with Crippen molar-refractivity contribution in [2.75, 3.05) is 6.54 Å². The van der Waals surface area contributed by atoms with E-state index in [1.807, 2.05) is 13.1 Å². The number of carbonyl (C=O) groups is 2. The normalized spacial score (nSPS) is 11.2. The predicted molar refractivity (Wildman–Crippen MR) is 127 cm³/mol. The van der Waals surface area contributed by atoms with Crippen molar-refractivity contribution >= 4 is 33.7 Å². The molecule has 4 rings (SSSR count). The zero-order valence-corrected chi connectivity index (χ0v) is 19.2. The predicted octanol–water partition coefficient (Wildman–Crippen LogP) is 4.25. The van der Waals surface area contributed by atoms with E-state index in [4.69, 9.17) is 9.15 Å². The summed E-state index contributed by atoms with van der Waals surface area (Å²) in [6, 6.07) is 7.96. The number of H-pyrrole nitrogens is 1. The lowest BCUT2D eigenvalue weighted by Crippen LogP contribution is -2.26. The maximum Gasteiger partial charge on any atom is 0.339 e. The molecule has 0 aliphatic rings. The summed E-state index contributed by atoms with van der Waals surface area (Å²) < 4.78 is 24.2. The van der Waals surface area contributed by atoms with Gasteiger partial charge in [0.05, 0.1) is 0 Å². The standard InChI is InChI=1S/C26H25FN2O5/c1-14-19-5-8-23(33-16(3)30)15(2)25(19)34-26(32)20(14)6-9-24(31)28-11-10-17-13-29-22-7-4-18(27)12-21(17)22/h4-5,7-8,12-13,29H,6,9-11H2,1-3H3,(H,28,31). The average molecular weight is 464 g/mol. The summed E-state index contributed by atoms with van der Waals surface area (Å²) in [5.41, 5.74) is 3.35. The second-order valence-electron chi connectivity index (χ2n) is 8.26. The van der Waals surface area contributed by atoms with Crippen LogP contribution in [-0.2, 0) is 22.4 Å². The third kappa shape index (κ3) is 4.71. The Morgan fingerprint density at radius 2 is 1.88 bits per heavy atom. The van der Waals surface area contributed by atoms with E-state index in [1.54, 1.807) is 25.1 Å². The van der Waals surface area contributed by atoms with E-state index in [0.29, 0.717) is 35.4 Å². The molecule has 0 unspecified atom stereocenters. The molecule has 34 heavy (non-hydrogen) atoms. The number of aromatic nitrogens is 1. The highest BCUT2D eigenvalue weighted by molar-refractivity contribution is 5.87. The fourth-order valence-corrected chi connectivity index (χ4v) is 4.15. The highest BCUT2D eigenvalue weighted by Gasteiger charge is 2.17. The van der Waals surface area contributed by atoms with Gasteiger partial charge in [0.1, 0.15) is 17.1 Å². The fraction of sp³-hybridized carbons (Fsp3) is 0.269. The molecule has 2 N–H and O–H groups in total. The van der Waals surface area contributed by atoms with E-state index in [2.05, 4.69) is 10.3 Å². The molecule has 0 aliphatic heterocycles. The zero-order chi connectivity index (χ0) is 24.4. The first-order valence-corrected chi connectivity index (χ1v) is 11.0. The van der Waals surface area contributed by atoms with Crippen molar-refractivity contribution in [3.05, 3.63) is 75.0 Å². The topological polar surface area (TPSA) is 101 Å². The summed E-state index contributed by atoms with van der Waals surface area (Å²) in [5, 5.41) is 4.38. The molecule has 2 aromatic heterocycles. The molecule has 7 nitrogen and oxygen atoms in total. The highest BCUT2D eigenvalue weighted by Crippen LogP contribution is 2.29. The van der Waals surface area contributed by atoms with E-state index in [0.717, 1.165) is 27.4 Å². The lowest BCUT2D eigenvalue weighted by molar-refractivity contribution is -0.132. The van der Waals surface area contributed by atoms with Gasteiger partial charge in [0.15, 0.2) is 0 Å². The van der Waals surface area contributed by atoms with Gasteiger partial charge in [-0.2, -0.15) is 0 Å². The lowest BCUT2D eigenvalue weighted by atomic mass is 10.00. The molecule has 0 atom stereocenters. The molecule has 0 radical (unpaired) electrons. The first-order valence-electron chi connectivity index (χ1n) is 11.0. The molecule has 8 heteroatoms. The van der Waals surface area contributed by atoms with Crippen LogP contribution in [0.3, 0.4) is 0 Å². The molecule has 4 aromatic rings. The van der Waals surface area contributed by atoms with Crippen molar-refractivity contribution in [3.63, 3.8) is 0 Å². The molecule has 1 amide bonds. The fourth-order valence-electron chi connectivity index (χ4n) is 4.15. The number of aromatic amines is 1. The Morgan fingerprint density at radius 3 is 2.65 bits per heavy atom. The second-order valence-corrected chi connectivity index (χ2v) is 8.26. The highest BCUT2D eigenvalue weighted by atomic mass is 19.1. The van der Waals surface area contributed by atoms with Gasteiger partial charge in [-0.3, -0.25) is 9.59 Å². The summed E-state index contributed by atoms with van der Waals surface area (Å²) in [6.45, 7) is 5.23. The summed E-state index contributed by atoms with van der Waals surface area (Å²) in [4.78, 5) is 39.4.